The van der Waals surface area contributed by atoms with Crippen molar-refractivity contribution in [1.82, 2.24) is 15.2 Å². The molecule has 0 aromatic carbocycles. The highest BCUT2D eigenvalue weighted by molar-refractivity contribution is 5.83. The van der Waals surface area contributed by atoms with Crippen LogP contribution in [0.25, 0.3) is 0 Å². The second-order valence-corrected chi connectivity index (χ2v) is 8.24. The van der Waals surface area contributed by atoms with Crippen molar-refractivity contribution in [2.24, 2.45) is 11.8 Å². The maximum Gasteiger partial charge on any atom is 0.227 e. The third-order valence-corrected chi connectivity index (χ3v) is 6.40. The summed E-state index contributed by atoms with van der Waals surface area (Å²) in [6.45, 7) is 1.32. The van der Waals surface area contributed by atoms with Crippen LogP contribution in [0.4, 0.5) is 0 Å². The van der Waals surface area contributed by atoms with E-state index in [4.69, 9.17) is 15.9 Å². The number of morpholine rings is 1. The molecule has 29 heavy (non-hydrogen) atoms. The fourth-order valence-corrected chi connectivity index (χ4v) is 4.31. The minimum atomic E-state index is -0.299. The van der Waals surface area contributed by atoms with Crippen LogP contribution >= 0.6 is 0 Å². The third-order valence-electron chi connectivity index (χ3n) is 6.40. The summed E-state index contributed by atoms with van der Waals surface area (Å²) >= 11 is 0. The summed E-state index contributed by atoms with van der Waals surface area (Å²) in [6.07, 6.45) is 12.5. The summed E-state index contributed by atoms with van der Waals surface area (Å²) < 4.78 is 11.3. The van der Waals surface area contributed by atoms with E-state index in [0.29, 0.717) is 25.4 Å². The van der Waals surface area contributed by atoms with Gasteiger partial charge in [-0.15, -0.1) is 12.3 Å². The van der Waals surface area contributed by atoms with Gasteiger partial charge in [0.1, 0.15) is 5.75 Å². The number of nitrogens with zero attached hydrogens (tertiary/aromatic N) is 2. The fraction of sp³-hybridized carbons (Fsp3) is 0.591. The zero-order valence-corrected chi connectivity index (χ0v) is 16.7. The fourth-order valence-electron chi connectivity index (χ4n) is 4.31. The third kappa shape index (κ3) is 3.95. The summed E-state index contributed by atoms with van der Waals surface area (Å²) in [4.78, 5) is 31.5. The van der Waals surface area contributed by atoms with E-state index >= 15 is 0 Å². The molecule has 154 valence electrons. The lowest BCUT2D eigenvalue weighted by atomic mass is 9.74. The molecule has 1 N–H and O–H groups in total. The minimum Gasteiger partial charge on any atom is -0.495 e. The van der Waals surface area contributed by atoms with Gasteiger partial charge in [-0.1, -0.05) is 0 Å². The number of hydrogen-bond donors (Lipinski definition) is 1. The Bertz CT molecular complexity index is 830. The van der Waals surface area contributed by atoms with Crippen LogP contribution < -0.4 is 10.1 Å². The SMILES string of the molecule is C#C[C@H]1C[C@H]1C(=O)N1CC(CC(=O)NCc2ccncc2OC)OCC12CCC2. The van der Waals surface area contributed by atoms with Gasteiger partial charge >= 0.3 is 0 Å². The first-order valence-corrected chi connectivity index (χ1v) is 10.2. The summed E-state index contributed by atoms with van der Waals surface area (Å²) in [5.74, 6) is 3.38. The van der Waals surface area contributed by atoms with Crippen LogP contribution in [0.5, 0.6) is 5.75 Å². The molecule has 3 fully saturated rings. The van der Waals surface area contributed by atoms with E-state index in [-0.39, 0.29) is 41.7 Å². The molecule has 2 aliphatic carbocycles. The minimum absolute atomic E-state index is 0.0517. The molecule has 0 bridgehead atoms. The lowest BCUT2D eigenvalue weighted by molar-refractivity contribution is -0.174. The van der Waals surface area contributed by atoms with Crippen molar-refractivity contribution < 1.29 is 19.1 Å². The maximum atomic E-state index is 13.0. The molecule has 1 aromatic rings. The van der Waals surface area contributed by atoms with Crippen LogP contribution in [-0.2, 0) is 20.9 Å². The molecule has 2 saturated carbocycles. The zero-order chi connectivity index (χ0) is 20.4. The van der Waals surface area contributed by atoms with E-state index in [2.05, 4.69) is 16.2 Å². The molecule has 2 heterocycles. The molecule has 3 aliphatic rings. The molecule has 7 heteroatoms. The number of amides is 2. The molecule has 4 rings (SSSR count). The van der Waals surface area contributed by atoms with Crippen molar-refractivity contribution >= 4 is 11.8 Å². The van der Waals surface area contributed by atoms with Crippen LogP contribution in [0.3, 0.4) is 0 Å². The predicted molar refractivity (Wildman–Crippen MR) is 106 cm³/mol. The summed E-state index contributed by atoms with van der Waals surface area (Å²) in [5, 5.41) is 2.91. The molecule has 1 unspecified atom stereocenters. The van der Waals surface area contributed by atoms with Crippen LogP contribution in [0.15, 0.2) is 18.5 Å². The number of rotatable bonds is 6. The molecular formula is C22H27N3O4. The van der Waals surface area contributed by atoms with Crippen molar-refractivity contribution in [2.45, 2.75) is 50.3 Å². The van der Waals surface area contributed by atoms with Gasteiger partial charge in [0.25, 0.3) is 0 Å². The summed E-state index contributed by atoms with van der Waals surface area (Å²) in [7, 11) is 1.57. The van der Waals surface area contributed by atoms with Crippen molar-refractivity contribution in [3.05, 3.63) is 24.0 Å². The zero-order valence-electron chi connectivity index (χ0n) is 16.7. The van der Waals surface area contributed by atoms with Gasteiger partial charge in [-0.05, 0) is 31.7 Å². The van der Waals surface area contributed by atoms with Crippen LogP contribution in [0.2, 0.25) is 0 Å². The van der Waals surface area contributed by atoms with Crippen LogP contribution in [0, 0.1) is 24.2 Å². The highest BCUT2D eigenvalue weighted by Crippen LogP contribution is 2.46. The van der Waals surface area contributed by atoms with Gasteiger partial charge < -0.3 is 19.7 Å². The quantitative estimate of drug-likeness (QED) is 0.736. The maximum absolute atomic E-state index is 13.0. The number of hydrogen-bond acceptors (Lipinski definition) is 5. The number of terminal acetylenes is 1. The standard InChI is InChI=1S/C22H27N3O4/c1-3-15-9-18(15)21(27)25-13-17(29-14-22(25)6-4-7-22)10-20(26)24-11-16-5-8-23-12-19(16)28-2/h1,5,8,12,15,17-18H,4,6-7,9-11,13-14H2,2H3,(H,24,26)/t15-,17?,18+/m0/s1. The lowest BCUT2D eigenvalue weighted by Crippen LogP contribution is -2.65. The van der Waals surface area contributed by atoms with E-state index in [1.165, 1.54) is 0 Å². The number of carbonyl (C=O) groups excluding carboxylic acids is 2. The van der Waals surface area contributed by atoms with Gasteiger partial charge in [-0.3, -0.25) is 14.6 Å². The van der Waals surface area contributed by atoms with Gasteiger partial charge in [0.05, 0.1) is 43.9 Å². The first-order valence-electron chi connectivity index (χ1n) is 10.2. The van der Waals surface area contributed by atoms with Gasteiger partial charge in [0.15, 0.2) is 0 Å². The van der Waals surface area contributed by atoms with Crippen molar-refractivity contribution in [1.29, 1.82) is 0 Å². The van der Waals surface area contributed by atoms with Crippen molar-refractivity contribution in [3.8, 4) is 18.1 Å². The number of nitrogens with one attached hydrogen (secondary N) is 1. The van der Waals surface area contributed by atoms with Gasteiger partial charge in [0.2, 0.25) is 11.8 Å². The van der Waals surface area contributed by atoms with E-state index < -0.39 is 0 Å². The predicted octanol–water partition coefficient (Wildman–Crippen LogP) is 1.52. The van der Waals surface area contributed by atoms with E-state index in [1.54, 1.807) is 19.5 Å². The second-order valence-electron chi connectivity index (χ2n) is 8.24. The monoisotopic (exact) mass is 397 g/mol. The Morgan fingerprint density at radius 1 is 1.48 bits per heavy atom. The van der Waals surface area contributed by atoms with Crippen LogP contribution in [-0.4, -0.2) is 53.6 Å². The number of pyridine rings is 1. The number of methoxy groups -OCH3 is 1. The summed E-state index contributed by atoms with van der Waals surface area (Å²) in [6, 6.07) is 1.81. The normalized spacial score (nSPS) is 26.9. The van der Waals surface area contributed by atoms with E-state index in [9.17, 15) is 9.59 Å². The molecule has 1 aromatic heterocycles. The van der Waals surface area contributed by atoms with Gasteiger partial charge in [-0.25, -0.2) is 0 Å². The molecule has 3 atom stereocenters. The summed E-state index contributed by atoms with van der Waals surface area (Å²) in [5.41, 5.74) is 0.677. The molecule has 1 spiro atoms. The molecule has 7 nitrogen and oxygen atoms in total. The van der Waals surface area contributed by atoms with Crippen molar-refractivity contribution in [3.63, 3.8) is 0 Å². The average molecular weight is 397 g/mol. The second kappa shape index (κ2) is 8.03. The Balaban J connectivity index is 1.34. The number of carbonyl (C=O) groups is 2. The van der Waals surface area contributed by atoms with Crippen molar-refractivity contribution in [2.75, 3.05) is 20.3 Å². The first-order chi connectivity index (χ1) is 14.1. The highest BCUT2D eigenvalue weighted by Gasteiger charge is 2.54. The first kappa shape index (κ1) is 19.7. The lowest BCUT2D eigenvalue weighted by Gasteiger charge is -2.54. The number of ether oxygens (including phenoxy) is 2. The molecule has 0 radical (unpaired) electrons. The Labute approximate surface area is 171 Å². The molecule has 1 aliphatic heterocycles. The molecule has 1 saturated heterocycles. The average Bonchev–Trinajstić information content (AvgIpc) is 3.50. The smallest absolute Gasteiger partial charge is 0.227 e. The van der Waals surface area contributed by atoms with E-state index in [1.807, 2.05) is 11.0 Å². The van der Waals surface area contributed by atoms with Crippen LogP contribution in [0.1, 0.15) is 37.7 Å². The Hall–Kier alpha value is -2.59. The van der Waals surface area contributed by atoms with Gasteiger partial charge in [0, 0.05) is 30.8 Å². The van der Waals surface area contributed by atoms with E-state index in [0.717, 1.165) is 31.2 Å². The topological polar surface area (TPSA) is 80.8 Å². The van der Waals surface area contributed by atoms with Gasteiger partial charge in [-0.2, -0.15) is 0 Å². The Morgan fingerprint density at radius 2 is 2.31 bits per heavy atom. The molecular weight excluding hydrogens is 370 g/mol. The Kier molecular flexibility index (Phi) is 5.46. The largest absolute Gasteiger partial charge is 0.495 e. The molecule has 2 amide bonds. The Morgan fingerprint density at radius 3 is 2.97 bits per heavy atom. The number of aromatic nitrogens is 1. The highest BCUT2D eigenvalue weighted by atomic mass is 16.5.